The Bertz CT molecular complexity index is 599. The average Bonchev–Trinajstić information content (AvgIpc) is 2.96. The van der Waals surface area contributed by atoms with Crippen molar-refractivity contribution in [2.75, 3.05) is 12.3 Å². The lowest BCUT2D eigenvalue weighted by molar-refractivity contribution is 0.0950. The molecule has 0 saturated heterocycles. The van der Waals surface area contributed by atoms with E-state index in [0.29, 0.717) is 18.7 Å². The summed E-state index contributed by atoms with van der Waals surface area (Å²) in [4.78, 5) is 12.0. The minimum absolute atomic E-state index is 0.197. The molecule has 4 N–H and O–H groups in total. The number of amides is 1. The molecule has 2 aromatic heterocycles. The normalized spacial score (nSPS) is 11.0. The molecular formula is C12H19N7O. The molecule has 0 aliphatic heterocycles. The van der Waals surface area contributed by atoms with Gasteiger partial charge >= 0.3 is 0 Å². The number of carbonyl (C=O) groups is 1. The molecule has 0 atom stereocenters. The van der Waals surface area contributed by atoms with Crippen LogP contribution in [-0.4, -0.2) is 37.4 Å². The number of aryl methyl sites for hydroxylation is 1. The molecule has 0 bridgehead atoms. The minimum Gasteiger partial charge on any atom is -0.395 e. The van der Waals surface area contributed by atoms with Gasteiger partial charge in [0, 0.05) is 20.0 Å². The molecule has 2 heterocycles. The summed E-state index contributed by atoms with van der Waals surface area (Å²) in [6.45, 7) is 4.42. The first kappa shape index (κ1) is 14.0. The summed E-state index contributed by atoms with van der Waals surface area (Å²) in [6.07, 6.45) is 2.22. The number of hydrogen-bond donors (Lipinski definition) is 3. The van der Waals surface area contributed by atoms with E-state index in [0.717, 1.165) is 11.5 Å². The zero-order valence-corrected chi connectivity index (χ0v) is 11.8. The van der Waals surface area contributed by atoms with Gasteiger partial charge in [-0.3, -0.25) is 9.89 Å². The molecule has 0 aliphatic carbocycles. The Labute approximate surface area is 116 Å². The van der Waals surface area contributed by atoms with Crippen LogP contribution in [0.1, 0.15) is 41.8 Å². The van der Waals surface area contributed by atoms with Crippen LogP contribution in [0.2, 0.25) is 0 Å². The maximum absolute atomic E-state index is 12.0. The predicted molar refractivity (Wildman–Crippen MR) is 74.1 cm³/mol. The smallest absolute Gasteiger partial charge is 0.273 e. The van der Waals surface area contributed by atoms with E-state index in [4.69, 9.17) is 5.73 Å². The lowest BCUT2D eigenvalue weighted by Gasteiger charge is -2.05. The van der Waals surface area contributed by atoms with Crippen LogP contribution < -0.4 is 11.1 Å². The molecule has 2 aromatic rings. The summed E-state index contributed by atoms with van der Waals surface area (Å²) < 4.78 is 1.81. The third-order valence-corrected chi connectivity index (χ3v) is 3.07. The highest BCUT2D eigenvalue weighted by atomic mass is 16.1. The van der Waals surface area contributed by atoms with Crippen LogP contribution in [0.15, 0.2) is 6.33 Å². The SMILES string of the molecule is CC(C)c1[nH]nc(C(=O)NCCc2nncn2C)c1N. The number of aromatic amines is 1. The van der Waals surface area contributed by atoms with Gasteiger partial charge in [-0.25, -0.2) is 0 Å². The van der Waals surface area contributed by atoms with Crippen LogP contribution in [0.5, 0.6) is 0 Å². The molecule has 1 amide bonds. The Morgan fingerprint density at radius 1 is 1.55 bits per heavy atom. The number of carbonyl (C=O) groups excluding carboxylic acids is 1. The molecule has 108 valence electrons. The van der Waals surface area contributed by atoms with Gasteiger partial charge in [0.1, 0.15) is 12.2 Å². The highest BCUT2D eigenvalue weighted by Crippen LogP contribution is 2.21. The number of rotatable bonds is 5. The summed E-state index contributed by atoms with van der Waals surface area (Å²) in [5, 5.41) is 17.3. The van der Waals surface area contributed by atoms with Gasteiger partial charge in [-0.05, 0) is 5.92 Å². The first-order valence-electron chi connectivity index (χ1n) is 6.45. The Hall–Kier alpha value is -2.38. The predicted octanol–water partition coefficient (Wildman–Crippen LogP) is 0.216. The number of H-pyrrole nitrogens is 1. The van der Waals surface area contributed by atoms with Crippen molar-refractivity contribution in [3.05, 3.63) is 23.5 Å². The van der Waals surface area contributed by atoms with Crippen molar-refractivity contribution in [2.24, 2.45) is 7.05 Å². The Kier molecular flexibility index (Phi) is 4.02. The van der Waals surface area contributed by atoms with E-state index >= 15 is 0 Å². The van der Waals surface area contributed by atoms with Crippen molar-refractivity contribution in [2.45, 2.75) is 26.2 Å². The van der Waals surface area contributed by atoms with Crippen molar-refractivity contribution in [1.29, 1.82) is 0 Å². The fraction of sp³-hybridized carbons (Fsp3) is 0.500. The van der Waals surface area contributed by atoms with Gasteiger partial charge in [-0.1, -0.05) is 13.8 Å². The molecule has 0 aromatic carbocycles. The molecule has 8 nitrogen and oxygen atoms in total. The number of nitrogen functional groups attached to an aromatic ring is 1. The maximum atomic E-state index is 12.0. The molecule has 0 fully saturated rings. The van der Waals surface area contributed by atoms with Gasteiger partial charge in [-0.2, -0.15) is 5.10 Å². The molecule has 0 unspecified atom stereocenters. The Morgan fingerprint density at radius 3 is 2.85 bits per heavy atom. The average molecular weight is 277 g/mol. The maximum Gasteiger partial charge on any atom is 0.273 e. The third kappa shape index (κ3) is 2.79. The van der Waals surface area contributed by atoms with E-state index < -0.39 is 0 Å². The first-order valence-corrected chi connectivity index (χ1v) is 6.45. The lowest BCUT2D eigenvalue weighted by Crippen LogP contribution is -2.27. The number of aromatic nitrogens is 5. The van der Waals surface area contributed by atoms with Crippen LogP contribution >= 0.6 is 0 Å². The van der Waals surface area contributed by atoms with E-state index in [1.807, 2.05) is 25.5 Å². The van der Waals surface area contributed by atoms with Crippen LogP contribution in [0.3, 0.4) is 0 Å². The van der Waals surface area contributed by atoms with E-state index in [1.54, 1.807) is 6.33 Å². The third-order valence-electron chi connectivity index (χ3n) is 3.07. The van der Waals surface area contributed by atoms with Gasteiger partial charge in [-0.15, -0.1) is 10.2 Å². The Balaban J connectivity index is 1.94. The summed E-state index contributed by atoms with van der Waals surface area (Å²) in [5.74, 6) is 0.721. The van der Waals surface area contributed by atoms with E-state index in [9.17, 15) is 4.79 Å². The van der Waals surface area contributed by atoms with Gasteiger partial charge in [0.2, 0.25) is 0 Å². The molecule has 0 radical (unpaired) electrons. The monoisotopic (exact) mass is 277 g/mol. The first-order chi connectivity index (χ1) is 9.50. The molecule has 0 saturated carbocycles. The van der Waals surface area contributed by atoms with E-state index in [1.165, 1.54) is 0 Å². The number of nitrogens with two attached hydrogens (primary N) is 1. The van der Waals surface area contributed by atoms with Crippen LogP contribution in [0, 0.1) is 0 Å². The fourth-order valence-corrected chi connectivity index (χ4v) is 1.88. The highest BCUT2D eigenvalue weighted by Gasteiger charge is 2.18. The highest BCUT2D eigenvalue weighted by molar-refractivity contribution is 5.97. The van der Waals surface area contributed by atoms with Crippen molar-refractivity contribution >= 4 is 11.6 Å². The summed E-state index contributed by atoms with van der Waals surface area (Å²) in [6, 6.07) is 0. The zero-order chi connectivity index (χ0) is 14.7. The quantitative estimate of drug-likeness (QED) is 0.723. The Morgan fingerprint density at radius 2 is 2.30 bits per heavy atom. The minimum atomic E-state index is -0.284. The van der Waals surface area contributed by atoms with Crippen molar-refractivity contribution in [3.63, 3.8) is 0 Å². The lowest BCUT2D eigenvalue weighted by atomic mass is 10.1. The molecule has 0 spiro atoms. The van der Waals surface area contributed by atoms with Crippen molar-refractivity contribution in [1.82, 2.24) is 30.3 Å². The van der Waals surface area contributed by atoms with Gasteiger partial charge in [0.05, 0.1) is 11.4 Å². The number of nitrogens with zero attached hydrogens (tertiary/aromatic N) is 4. The molecule has 20 heavy (non-hydrogen) atoms. The second-order valence-corrected chi connectivity index (χ2v) is 4.92. The topological polar surface area (TPSA) is 115 Å². The zero-order valence-electron chi connectivity index (χ0n) is 11.8. The molecule has 8 heteroatoms. The van der Waals surface area contributed by atoms with E-state index in [-0.39, 0.29) is 17.5 Å². The van der Waals surface area contributed by atoms with Gasteiger partial charge < -0.3 is 15.6 Å². The number of hydrogen-bond acceptors (Lipinski definition) is 5. The van der Waals surface area contributed by atoms with Crippen molar-refractivity contribution in [3.8, 4) is 0 Å². The number of nitrogens with one attached hydrogen (secondary N) is 2. The molecule has 0 aliphatic rings. The van der Waals surface area contributed by atoms with E-state index in [2.05, 4.69) is 25.7 Å². The molecule has 2 rings (SSSR count). The largest absolute Gasteiger partial charge is 0.395 e. The standard InChI is InChI=1S/C12H19N7O/c1-7(2)10-9(13)11(18-17-10)12(20)14-5-4-8-16-15-6-19(8)3/h6-7H,4-5,13H2,1-3H3,(H,14,20)(H,17,18). The summed E-state index contributed by atoms with van der Waals surface area (Å²) >= 11 is 0. The van der Waals surface area contributed by atoms with Crippen LogP contribution in [-0.2, 0) is 13.5 Å². The second kappa shape index (κ2) is 5.72. The van der Waals surface area contributed by atoms with Crippen molar-refractivity contribution < 1.29 is 4.79 Å². The van der Waals surface area contributed by atoms with Gasteiger partial charge in [0.25, 0.3) is 5.91 Å². The van der Waals surface area contributed by atoms with Gasteiger partial charge in [0.15, 0.2) is 5.69 Å². The summed E-state index contributed by atoms with van der Waals surface area (Å²) in [5.41, 5.74) is 7.35. The number of anilines is 1. The van der Waals surface area contributed by atoms with Crippen LogP contribution in [0.25, 0.3) is 0 Å². The van der Waals surface area contributed by atoms with Crippen LogP contribution in [0.4, 0.5) is 5.69 Å². The summed E-state index contributed by atoms with van der Waals surface area (Å²) in [7, 11) is 1.86. The molecular weight excluding hydrogens is 258 g/mol. The fourth-order valence-electron chi connectivity index (χ4n) is 1.88. The second-order valence-electron chi connectivity index (χ2n) is 4.92.